The van der Waals surface area contributed by atoms with E-state index in [0.717, 1.165) is 5.56 Å². The number of aromatic nitrogens is 2. The summed E-state index contributed by atoms with van der Waals surface area (Å²) in [5, 5.41) is 1.04. The maximum atomic E-state index is 11.8. The van der Waals surface area contributed by atoms with Gasteiger partial charge in [0, 0.05) is 12.5 Å². The Hall–Kier alpha value is -4.06. The average molecular weight is 384 g/mol. The molecule has 142 valence electrons. The highest BCUT2D eigenvalue weighted by atomic mass is 16.4. The van der Waals surface area contributed by atoms with Crippen molar-refractivity contribution in [3.63, 3.8) is 0 Å². The van der Waals surface area contributed by atoms with Gasteiger partial charge in [0.05, 0.1) is 21.8 Å². The highest BCUT2D eigenvalue weighted by Crippen LogP contribution is 2.17. The summed E-state index contributed by atoms with van der Waals surface area (Å²) in [4.78, 5) is 31.4. The van der Waals surface area contributed by atoms with Crippen LogP contribution in [0.15, 0.2) is 97.3 Å². The van der Waals surface area contributed by atoms with E-state index in [-0.39, 0.29) is 11.3 Å². The maximum Gasteiger partial charge on any atom is 0.347 e. The second-order valence-corrected chi connectivity index (χ2v) is 6.23. The fourth-order valence-electron chi connectivity index (χ4n) is 2.85. The van der Waals surface area contributed by atoms with Crippen molar-refractivity contribution in [1.82, 2.24) is 9.97 Å². The Bertz CT molecular complexity index is 1410. The van der Waals surface area contributed by atoms with Gasteiger partial charge < -0.3 is 8.83 Å². The highest BCUT2D eigenvalue weighted by molar-refractivity contribution is 5.78. The first kappa shape index (κ1) is 18.3. The van der Waals surface area contributed by atoms with E-state index in [9.17, 15) is 9.59 Å². The van der Waals surface area contributed by atoms with Crippen molar-refractivity contribution in [2.75, 3.05) is 0 Å². The Morgan fingerprint density at radius 1 is 0.621 bits per heavy atom. The van der Waals surface area contributed by atoms with Crippen molar-refractivity contribution in [1.29, 1.82) is 0 Å². The van der Waals surface area contributed by atoms with E-state index in [1.54, 1.807) is 43.3 Å². The summed E-state index contributed by atoms with van der Waals surface area (Å²) in [7, 11) is 0. The van der Waals surface area contributed by atoms with Crippen LogP contribution in [0.3, 0.4) is 0 Å². The fourth-order valence-corrected chi connectivity index (χ4v) is 2.85. The van der Waals surface area contributed by atoms with Gasteiger partial charge in [0.1, 0.15) is 0 Å². The first-order valence-electron chi connectivity index (χ1n) is 8.93. The first-order valence-corrected chi connectivity index (χ1v) is 8.93. The van der Waals surface area contributed by atoms with Gasteiger partial charge in [-0.2, -0.15) is 0 Å². The Balaban J connectivity index is 0.000000150. The molecule has 0 saturated carbocycles. The summed E-state index contributed by atoms with van der Waals surface area (Å²) in [5.41, 5.74) is 1.47. The summed E-state index contributed by atoms with van der Waals surface area (Å²) < 4.78 is 10.0. The number of hydrogen-bond acceptors (Lipinski definition) is 6. The van der Waals surface area contributed by atoms with Gasteiger partial charge in [-0.25, -0.2) is 19.6 Å². The van der Waals surface area contributed by atoms with E-state index in [2.05, 4.69) is 9.97 Å². The fraction of sp³-hybridized carbons (Fsp3) is 0.0435. The Morgan fingerprint density at radius 2 is 1.14 bits per heavy atom. The third kappa shape index (κ3) is 3.96. The van der Waals surface area contributed by atoms with Crippen LogP contribution in [0.4, 0.5) is 0 Å². The number of aryl methyl sites for hydroxylation is 1. The number of nitrogens with zero attached hydrogens (tertiary/aromatic N) is 2. The molecule has 29 heavy (non-hydrogen) atoms. The molecule has 2 aromatic heterocycles. The lowest BCUT2D eigenvalue weighted by Gasteiger charge is -2.00. The Labute approximate surface area is 165 Å². The molecule has 0 atom stereocenters. The monoisotopic (exact) mass is 384 g/mol. The van der Waals surface area contributed by atoms with Crippen molar-refractivity contribution in [2.45, 2.75) is 6.92 Å². The second kappa shape index (κ2) is 7.90. The highest BCUT2D eigenvalue weighted by Gasteiger charge is 2.06. The molecule has 0 aliphatic rings. The Kier molecular flexibility index (Phi) is 4.99. The molecule has 0 spiro atoms. The standard InChI is InChI=1S/C14H9NO2.C9H7NO2/c16-14-11-8-4-5-9-12(11)15-13(17-14)10-6-2-1-3-7-10;1-6-10-8-5-3-2-4-7(8)9(11)12-6/h1-9H;2-5H,1H3. The zero-order chi connectivity index (χ0) is 20.2. The van der Waals surface area contributed by atoms with Crippen molar-refractivity contribution >= 4 is 21.8 Å². The van der Waals surface area contributed by atoms with Gasteiger partial charge >= 0.3 is 11.3 Å². The molecule has 0 fully saturated rings. The first-order chi connectivity index (χ1) is 14.1. The van der Waals surface area contributed by atoms with Crippen LogP contribution in [0.25, 0.3) is 33.3 Å². The molecule has 3 aromatic carbocycles. The van der Waals surface area contributed by atoms with Gasteiger partial charge in [-0.05, 0) is 36.4 Å². The smallest absolute Gasteiger partial charge is 0.347 e. The van der Waals surface area contributed by atoms with Gasteiger partial charge in [0.2, 0.25) is 5.89 Å². The van der Waals surface area contributed by atoms with Crippen molar-refractivity contribution < 1.29 is 8.83 Å². The number of benzene rings is 3. The maximum absolute atomic E-state index is 11.8. The van der Waals surface area contributed by atoms with E-state index in [1.807, 2.05) is 42.5 Å². The molecule has 0 unspecified atom stereocenters. The molecule has 0 bridgehead atoms. The quantitative estimate of drug-likeness (QED) is 0.427. The van der Waals surface area contributed by atoms with E-state index >= 15 is 0 Å². The minimum absolute atomic E-state index is 0.321. The average Bonchev–Trinajstić information content (AvgIpc) is 2.75. The van der Waals surface area contributed by atoms with Gasteiger partial charge in [-0.15, -0.1) is 0 Å². The van der Waals surface area contributed by atoms with Gasteiger partial charge in [0.25, 0.3) is 0 Å². The summed E-state index contributed by atoms with van der Waals surface area (Å²) in [5.74, 6) is 0.757. The number of rotatable bonds is 1. The van der Waals surface area contributed by atoms with Gasteiger partial charge in [-0.3, -0.25) is 0 Å². The lowest BCUT2D eigenvalue weighted by Crippen LogP contribution is -2.02. The summed E-state index contributed by atoms with van der Waals surface area (Å²) in [6.07, 6.45) is 0. The molecule has 0 aliphatic carbocycles. The summed E-state index contributed by atoms with van der Waals surface area (Å²) in [6, 6.07) is 23.7. The molecule has 0 N–H and O–H groups in total. The number of fused-ring (bicyclic) bond motifs is 2. The van der Waals surface area contributed by atoms with Crippen LogP contribution in [0.2, 0.25) is 0 Å². The molecule has 0 amide bonds. The largest absolute Gasteiger partial charge is 0.408 e. The molecular formula is C23H16N2O4. The molecular weight excluding hydrogens is 368 g/mol. The van der Waals surface area contributed by atoms with E-state index in [0.29, 0.717) is 33.6 Å². The van der Waals surface area contributed by atoms with Crippen LogP contribution in [0.1, 0.15) is 5.89 Å². The minimum atomic E-state index is -0.352. The molecule has 6 nitrogen and oxygen atoms in total. The van der Waals surface area contributed by atoms with E-state index in [1.165, 1.54) is 0 Å². The second-order valence-electron chi connectivity index (χ2n) is 6.23. The predicted octanol–water partition coefficient (Wildman–Crippen LogP) is 4.35. The van der Waals surface area contributed by atoms with E-state index in [4.69, 9.17) is 8.83 Å². The Morgan fingerprint density at radius 3 is 1.79 bits per heavy atom. The van der Waals surface area contributed by atoms with Crippen LogP contribution in [0, 0.1) is 6.92 Å². The van der Waals surface area contributed by atoms with Crippen molar-refractivity contribution in [3.8, 4) is 11.5 Å². The zero-order valence-electron chi connectivity index (χ0n) is 15.5. The van der Waals surface area contributed by atoms with Crippen LogP contribution in [-0.4, -0.2) is 9.97 Å². The summed E-state index contributed by atoms with van der Waals surface area (Å²) >= 11 is 0. The van der Waals surface area contributed by atoms with Gasteiger partial charge in [-0.1, -0.05) is 42.5 Å². The van der Waals surface area contributed by atoms with Crippen LogP contribution in [0.5, 0.6) is 0 Å². The van der Waals surface area contributed by atoms with Crippen LogP contribution in [-0.2, 0) is 0 Å². The lowest BCUT2D eigenvalue weighted by atomic mass is 10.2. The third-order valence-electron chi connectivity index (χ3n) is 4.20. The number of para-hydroxylation sites is 2. The van der Waals surface area contributed by atoms with Crippen LogP contribution >= 0.6 is 0 Å². The van der Waals surface area contributed by atoms with Crippen molar-refractivity contribution in [2.24, 2.45) is 0 Å². The lowest BCUT2D eigenvalue weighted by molar-refractivity contribution is 0.467. The van der Waals surface area contributed by atoms with Gasteiger partial charge in [0.15, 0.2) is 5.89 Å². The third-order valence-corrected chi connectivity index (χ3v) is 4.20. The molecule has 0 radical (unpaired) electrons. The summed E-state index contributed by atoms with van der Waals surface area (Å²) in [6.45, 7) is 1.66. The zero-order valence-corrected chi connectivity index (χ0v) is 15.5. The molecule has 5 rings (SSSR count). The minimum Gasteiger partial charge on any atom is -0.408 e. The van der Waals surface area contributed by atoms with Crippen LogP contribution < -0.4 is 11.3 Å². The predicted molar refractivity (Wildman–Crippen MR) is 111 cm³/mol. The molecule has 0 aliphatic heterocycles. The molecule has 6 heteroatoms. The van der Waals surface area contributed by atoms with Crippen molar-refractivity contribution in [3.05, 3.63) is 106 Å². The normalized spacial score (nSPS) is 10.5. The topological polar surface area (TPSA) is 86.2 Å². The SMILES string of the molecule is Cc1nc2ccccc2c(=O)o1.O=c1oc(-c2ccccc2)nc2ccccc12. The number of hydrogen-bond donors (Lipinski definition) is 0. The molecule has 2 heterocycles. The van der Waals surface area contributed by atoms with E-state index < -0.39 is 0 Å². The molecule has 5 aromatic rings. The molecule has 0 saturated heterocycles.